The standard InChI is InChI=1S/C14H20O4/c1-10(11(2)14(15)17-4)9-18-13-7-5-12(16-3)6-8-13/h5-8,10-11H,9H2,1-4H3. The molecule has 0 saturated carbocycles. The number of esters is 1. The number of ether oxygens (including phenoxy) is 3. The molecule has 0 radical (unpaired) electrons. The first-order valence-corrected chi connectivity index (χ1v) is 5.93. The Labute approximate surface area is 108 Å². The summed E-state index contributed by atoms with van der Waals surface area (Å²) in [6.07, 6.45) is 0. The molecule has 1 rings (SSSR count). The minimum atomic E-state index is -0.208. The van der Waals surface area contributed by atoms with Crippen LogP contribution in [-0.2, 0) is 9.53 Å². The van der Waals surface area contributed by atoms with Crippen LogP contribution in [0.2, 0.25) is 0 Å². The highest BCUT2D eigenvalue weighted by Crippen LogP contribution is 2.19. The molecule has 0 amide bonds. The summed E-state index contributed by atoms with van der Waals surface area (Å²) >= 11 is 0. The predicted molar refractivity (Wildman–Crippen MR) is 68.8 cm³/mol. The lowest BCUT2D eigenvalue weighted by Crippen LogP contribution is -2.24. The Balaban J connectivity index is 2.46. The molecule has 0 N–H and O–H groups in total. The van der Waals surface area contributed by atoms with Crippen LogP contribution in [0, 0.1) is 11.8 Å². The lowest BCUT2D eigenvalue weighted by molar-refractivity contribution is -0.146. The number of hydrogen-bond acceptors (Lipinski definition) is 4. The molecule has 0 aliphatic heterocycles. The zero-order valence-electron chi connectivity index (χ0n) is 11.3. The highest BCUT2D eigenvalue weighted by Gasteiger charge is 2.21. The van der Waals surface area contributed by atoms with Gasteiger partial charge in [0.05, 0.1) is 26.7 Å². The van der Waals surface area contributed by atoms with Crippen molar-refractivity contribution in [1.82, 2.24) is 0 Å². The van der Waals surface area contributed by atoms with Crippen molar-refractivity contribution >= 4 is 5.97 Å². The van der Waals surface area contributed by atoms with Crippen molar-refractivity contribution < 1.29 is 19.0 Å². The summed E-state index contributed by atoms with van der Waals surface area (Å²) < 4.78 is 15.4. The van der Waals surface area contributed by atoms with Crippen LogP contribution >= 0.6 is 0 Å². The van der Waals surface area contributed by atoms with Crippen LogP contribution in [0.25, 0.3) is 0 Å². The smallest absolute Gasteiger partial charge is 0.308 e. The van der Waals surface area contributed by atoms with Gasteiger partial charge in [-0.3, -0.25) is 4.79 Å². The second-order valence-electron chi connectivity index (χ2n) is 4.28. The maximum absolute atomic E-state index is 11.4. The molecule has 0 aromatic heterocycles. The average Bonchev–Trinajstić information content (AvgIpc) is 2.43. The highest BCUT2D eigenvalue weighted by atomic mass is 16.5. The Kier molecular flexibility index (Phi) is 5.49. The number of carbonyl (C=O) groups excluding carboxylic acids is 1. The molecule has 0 aliphatic rings. The summed E-state index contributed by atoms with van der Waals surface area (Å²) in [6, 6.07) is 7.36. The third-order valence-corrected chi connectivity index (χ3v) is 3.00. The molecule has 100 valence electrons. The Hall–Kier alpha value is -1.71. The number of rotatable bonds is 6. The average molecular weight is 252 g/mol. The van der Waals surface area contributed by atoms with Crippen molar-refractivity contribution in [2.24, 2.45) is 11.8 Å². The van der Waals surface area contributed by atoms with E-state index in [1.54, 1.807) is 7.11 Å². The Morgan fingerprint density at radius 2 is 1.67 bits per heavy atom. The maximum Gasteiger partial charge on any atom is 0.308 e. The van der Waals surface area contributed by atoms with E-state index in [0.717, 1.165) is 11.5 Å². The van der Waals surface area contributed by atoms with Crippen LogP contribution < -0.4 is 9.47 Å². The van der Waals surface area contributed by atoms with Crippen LogP contribution in [0.5, 0.6) is 11.5 Å². The monoisotopic (exact) mass is 252 g/mol. The van der Waals surface area contributed by atoms with Crippen molar-refractivity contribution in [3.63, 3.8) is 0 Å². The van der Waals surface area contributed by atoms with E-state index >= 15 is 0 Å². The molecule has 0 saturated heterocycles. The Morgan fingerprint density at radius 3 is 2.17 bits per heavy atom. The second kappa shape index (κ2) is 6.89. The molecule has 4 nitrogen and oxygen atoms in total. The van der Waals surface area contributed by atoms with Gasteiger partial charge in [-0.1, -0.05) is 13.8 Å². The van der Waals surface area contributed by atoms with Gasteiger partial charge in [0.1, 0.15) is 11.5 Å². The number of methoxy groups -OCH3 is 2. The molecule has 0 heterocycles. The minimum Gasteiger partial charge on any atom is -0.497 e. The predicted octanol–water partition coefficient (Wildman–Crippen LogP) is 2.52. The van der Waals surface area contributed by atoms with Gasteiger partial charge in [0.2, 0.25) is 0 Å². The molecule has 1 aromatic carbocycles. The Bertz CT molecular complexity index is 372. The molecular weight excluding hydrogens is 232 g/mol. The van der Waals surface area contributed by atoms with Crippen LogP contribution in [0.1, 0.15) is 13.8 Å². The first-order valence-electron chi connectivity index (χ1n) is 5.93. The first kappa shape index (κ1) is 14.4. The summed E-state index contributed by atoms with van der Waals surface area (Å²) in [5.41, 5.74) is 0. The van der Waals surface area contributed by atoms with Crippen LogP contribution in [-0.4, -0.2) is 26.8 Å². The van der Waals surface area contributed by atoms with Gasteiger partial charge in [-0.2, -0.15) is 0 Å². The summed E-state index contributed by atoms with van der Waals surface area (Å²) in [5, 5.41) is 0. The van der Waals surface area contributed by atoms with E-state index in [0.29, 0.717) is 6.61 Å². The zero-order valence-corrected chi connectivity index (χ0v) is 11.3. The molecule has 2 unspecified atom stereocenters. The fourth-order valence-electron chi connectivity index (χ4n) is 1.46. The van der Waals surface area contributed by atoms with Crippen molar-refractivity contribution in [3.8, 4) is 11.5 Å². The normalized spacial score (nSPS) is 13.6. The fourth-order valence-corrected chi connectivity index (χ4v) is 1.46. The largest absolute Gasteiger partial charge is 0.497 e. The third kappa shape index (κ3) is 3.95. The van der Waals surface area contributed by atoms with Gasteiger partial charge in [0.25, 0.3) is 0 Å². The molecule has 2 atom stereocenters. The van der Waals surface area contributed by atoms with Gasteiger partial charge in [-0.25, -0.2) is 0 Å². The van der Waals surface area contributed by atoms with Crippen LogP contribution in [0.4, 0.5) is 0 Å². The first-order chi connectivity index (χ1) is 8.58. The quantitative estimate of drug-likeness (QED) is 0.730. The maximum atomic E-state index is 11.4. The van der Waals surface area contributed by atoms with E-state index in [-0.39, 0.29) is 17.8 Å². The minimum absolute atomic E-state index is 0.0968. The topological polar surface area (TPSA) is 44.8 Å². The molecular formula is C14H20O4. The van der Waals surface area contributed by atoms with Crippen molar-refractivity contribution in [2.75, 3.05) is 20.8 Å². The summed E-state index contributed by atoms with van der Waals surface area (Å²) in [6.45, 7) is 4.28. The van der Waals surface area contributed by atoms with E-state index in [1.165, 1.54) is 7.11 Å². The van der Waals surface area contributed by atoms with Gasteiger partial charge in [-0.05, 0) is 24.3 Å². The van der Waals surface area contributed by atoms with Gasteiger partial charge in [0.15, 0.2) is 0 Å². The van der Waals surface area contributed by atoms with E-state index in [4.69, 9.17) is 14.2 Å². The molecule has 4 heteroatoms. The van der Waals surface area contributed by atoms with E-state index in [2.05, 4.69) is 0 Å². The number of benzene rings is 1. The molecule has 18 heavy (non-hydrogen) atoms. The third-order valence-electron chi connectivity index (χ3n) is 3.00. The van der Waals surface area contributed by atoms with Crippen LogP contribution in [0.15, 0.2) is 24.3 Å². The summed E-state index contributed by atoms with van der Waals surface area (Å²) in [7, 11) is 3.02. The second-order valence-corrected chi connectivity index (χ2v) is 4.28. The van der Waals surface area contributed by atoms with E-state index < -0.39 is 0 Å². The number of carbonyl (C=O) groups is 1. The van der Waals surface area contributed by atoms with Gasteiger partial charge >= 0.3 is 5.97 Å². The van der Waals surface area contributed by atoms with Gasteiger partial charge < -0.3 is 14.2 Å². The number of hydrogen-bond donors (Lipinski definition) is 0. The SMILES string of the molecule is COC(=O)C(C)C(C)COc1ccc(OC)cc1. The summed E-state index contributed by atoms with van der Waals surface area (Å²) in [5.74, 6) is 1.27. The summed E-state index contributed by atoms with van der Waals surface area (Å²) in [4.78, 5) is 11.4. The van der Waals surface area contributed by atoms with E-state index in [1.807, 2.05) is 38.1 Å². The van der Waals surface area contributed by atoms with Gasteiger partial charge in [0, 0.05) is 5.92 Å². The van der Waals surface area contributed by atoms with E-state index in [9.17, 15) is 4.79 Å². The fraction of sp³-hybridized carbons (Fsp3) is 0.500. The van der Waals surface area contributed by atoms with Crippen molar-refractivity contribution in [1.29, 1.82) is 0 Å². The lowest BCUT2D eigenvalue weighted by Gasteiger charge is -2.18. The molecule has 1 aromatic rings. The zero-order chi connectivity index (χ0) is 13.5. The molecule has 0 fully saturated rings. The molecule has 0 aliphatic carbocycles. The van der Waals surface area contributed by atoms with Crippen molar-refractivity contribution in [3.05, 3.63) is 24.3 Å². The van der Waals surface area contributed by atoms with Crippen molar-refractivity contribution in [2.45, 2.75) is 13.8 Å². The lowest BCUT2D eigenvalue weighted by atomic mass is 9.97. The molecule has 0 bridgehead atoms. The van der Waals surface area contributed by atoms with Crippen LogP contribution in [0.3, 0.4) is 0 Å². The Morgan fingerprint density at radius 1 is 1.11 bits per heavy atom. The highest BCUT2D eigenvalue weighted by molar-refractivity contribution is 5.72. The molecule has 0 spiro atoms. The van der Waals surface area contributed by atoms with Gasteiger partial charge in [-0.15, -0.1) is 0 Å².